The van der Waals surface area contributed by atoms with Gasteiger partial charge in [-0.1, -0.05) is 6.92 Å². The SMILES string of the molecule is CCC(C)(C)NC(=O)c1ccc(SC(F)(F)F)cc1. The second-order valence-corrected chi connectivity index (χ2v) is 5.90. The number of alkyl halides is 3. The van der Waals surface area contributed by atoms with Gasteiger partial charge >= 0.3 is 5.51 Å². The highest BCUT2D eigenvalue weighted by Crippen LogP contribution is 2.36. The Labute approximate surface area is 114 Å². The van der Waals surface area contributed by atoms with Crippen molar-refractivity contribution in [2.75, 3.05) is 0 Å². The Bertz CT molecular complexity index is 440. The number of hydrogen-bond acceptors (Lipinski definition) is 2. The summed E-state index contributed by atoms with van der Waals surface area (Å²) in [6, 6.07) is 5.39. The van der Waals surface area contributed by atoms with Gasteiger partial charge in [0.2, 0.25) is 0 Å². The van der Waals surface area contributed by atoms with Crippen molar-refractivity contribution in [3.05, 3.63) is 29.8 Å². The Morgan fingerprint density at radius 3 is 2.16 bits per heavy atom. The Morgan fingerprint density at radius 1 is 1.21 bits per heavy atom. The molecule has 0 spiro atoms. The van der Waals surface area contributed by atoms with Gasteiger partial charge in [-0.15, -0.1) is 0 Å². The van der Waals surface area contributed by atoms with Crippen LogP contribution in [0.3, 0.4) is 0 Å². The lowest BCUT2D eigenvalue weighted by atomic mass is 10.0. The molecule has 0 aliphatic heterocycles. The van der Waals surface area contributed by atoms with E-state index < -0.39 is 5.51 Å². The van der Waals surface area contributed by atoms with Crippen LogP contribution in [0.25, 0.3) is 0 Å². The molecule has 0 aliphatic rings. The van der Waals surface area contributed by atoms with Gasteiger partial charge in [-0.25, -0.2) is 0 Å². The van der Waals surface area contributed by atoms with Crippen LogP contribution in [-0.4, -0.2) is 17.0 Å². The van der Waals surface area contributed by atoms with Gasteiger partial charge < -0.3 is 5.32 Å². The van der Waals surface area contributed by atoms with Gasteiger partial charge in [0, 0.05) is 16.0 Å². The van der Waals surface area contributed by atoms with Crippen LogP contribution in [-0.2, 0) is 0 Å². The maximum absolute atomic E-state index is 12.2. The zero-order valence-corrected chi connectivity index (χ0v) is 11.8. The number of carbonyl (C=O) groups excluding carboxylic acids is 1. The average molecular weight is 291 g/mol. The summed E-state index contributed by atoms with van der Waals surface area (Å²) in [5, 5.41) is 2.82. The number of hydrogen-bond donors (Lipinski definition) is 1. The Balaban J connectivity index is 2.74. The van der Waals surface area contributed by atoms with Crippen molar-refractivity contribution in [1.29, 1.82) is 0 Å². The van der Waals surface area contributed by atoms with E-state index in [4.69, 9.17) is 0 Å². The molecule has 0 aromatic heterocycles. The van der Waals surface area contributed by atoms with Gasteiger partial charge in [0.1, 0.15) is 0 Å². The minimum Gasteiger partial charge on any atom is -0.347 e. The van der Waals surface area contributed by atoms with E-state index in [9.17, 15) is 18.0 Å². The lowest BCUT2D eigenvalue weighted by molar-refractivity contribution is -0.0328. The van der Waals surface area contributed by atoms with E-state index in [-0.39, 0.29) is 28.1 Å². The molecule has 19 heavy (non-hydrogen) atoms. The molecule has 2 nitrogen and oxygen atoms in total. The second kappa shape index (κ2) is 5.86. The van der Waals surface area contributed by atoms with E-state index in [1.807, 2.05) is 20.8 Å². The average Bonchev–Trinajstić information content (AvgIpc) is 2.27. The molecule has 1 aromatic carbocycles. The van der Waals surface area contributed by atoms with Crippen molar-refractivity contribution in [1.82, 2.24) is 5.32 Å². The van der Waals surface area contributed by atoms with Gasteiger partial charge in [-0.05, 0) is 56.3 Å². The standard InChI is InChI=1S/C13H16F3NOS/c1-4-12(2,3)17-11(18)9-5-7-10(8-6-9)19-13(14,15)16/h5-8H,4H2,1-3H3,(H,17,18). The molecule has 0 aliphatic carbocycles. The fourth-order valence-electron chi connectivity index (χ4n) is 1.28. The smallest absolute Gasteiger partial charge is 0.347 e. The Morgan fingerprint density at radius 2 is 1.74 bits per heavy atom. The number of benzene rings is 1. The van der Waals surface area contributed by atoms with Crippen LogP contribution in [0, 0.1) is 0 Å². The highest BCUT2D eigenvalue weighted by atomic mass is 32.2. The normalized spacial score (nSPS) is 12.3. The van der Waals surface area contributed by atoms with Gasteiger partial charge in [-0.3, -0.25) is 4.79 Å². The number of halogens is 3. The summed E-state index contributed by atoms with van der Waals surface area (Å²) in [5.74, 6) is -0.282. The summed E-state index contributed by atoms with van der Waals surface area (Å²) in [6.45, 7) is 5.72. The Hall–Kier alpha value is -1.17. The zero-order chi connectivity index (χ0) is 14.7. The van der Waals surface area contributed by atoms with Crippen LogP contribution < -0.4 is 5.32 Å². The lowest BCUT2D eigenvalue weighted by Crippen LogP contribution is -2.42. The van der Waals surface area contributed by atoms with Crippen LogP contribution in [0.15, 0.2) is 29.2 Å². The maximum atomic E-state index is 12.2. The summed E-state index contributed by atoms with van der Waals surface area (Å²) in [4.78, 5) is 11.9. The fourth-order valence-corrected chi connectivity index (χ4v) is 1.82. The molecule has 0 fully saturated rings. The molecule has 1 N–H and O–H groups in total. The van der Waals surface area contributed by atoms with Crippen molar-refractivity contribution < 1.29 is 18.0 Å². The number of rotatable bonds is 4. The van der Waals surface area contributed by atoms with Crippen LogP contribution in [0.2, 0.25) is 0 Å². The summed E-state index contributed by atoms with van der Waals surface area (Å²) >= 11 is -0.193. The molecule has 106 valence electrons. The van der Waals surface area contributed by atoms with Gasteiger partial charge in [-0.2, -0.15) is 13.2 Å². The highest BCUT2D eigenvalue weighted by Gasteiger charge is 2.29. The molecule has 0 saturated heterocycles. The Kier molecular flexibility index (Phi) is 4.90. The first-order valence-corrected chi connectivity index (χ1v) is 6.63. The molecule has 0 unspecified atom stereocenters. The van der Waals surface area contributed by atoms with Crippen molar-refractivity contribution in [2.24, 2.45) is 0 Å². The van der Waals surface area contributed by atoms with Gasteiger partial charge in [0.15, 0.2) is 0 Å². The summed E-state index contributed by atoms with van der Waals surface area (Å²) in [7, 11) is 0. The third-order valence-corrected chi connectivity index (χ3v) is 3.43. The maximum Gasteiger partial charge on any atom is 0.446 e. The molecule has 0 radical (unpaired) electrons. The minimum atomic E-state index is -4.31. The number of carbonyl (C=O) groups is 1. The molecule has 6 heteroatoms. The van der Waals surface area contributed by atoms with Crippen molar-refractivity contribution >= 4 is 17.7 Å². The van der Waals surface area contributed by atoms with Gasteiger partial charge in [0.25, 0.3) is 5.91 Å². The van der Waals surface area contributed by atoms with E-state index in [1.165, 1.54) is 24.3 Å². The molecular weight excluding hydrogens is 275 g/mol. The molecule has 0 heterocycles. The zero-order valence-electron chi connectivity index (χ0n) is 11.0. The van der Waals surface area contributed by atoms with Crippen molar-refractivity contribution in [2.45, 2.75) is 43.1 Å². The first kappa shape index (κ1) is 15.9. The highest BCUT2D eigenvalue weighted by molar-refractivity contribution is 8.00. The molecule has 0 bridgehead atoms. The molecular formula is C13H16F3NOS. The molecule has 1 amide bonds. The predicted octanol–water partition coefficient (Wildman–Crippen LogP) is 4.22. The van der Waals surface area contributed by atoms with E-state index in [0.29, 0.717) is 5.56 Å². The molecule has 0 saturated carbocycles. The van der Waals surface area contributed by atoms with Crippen molar-refractivity contribution in [3.8, 4) is 0 Å². The molecule has 1 rings (SSSR count). The quantitative estimate of drug-likeness (QED) is 0.842. The topological polar surface area (TPSA) is 29.1 Å². The summed E-state index contributed by atoms with van der Waals surface area (Å²) in [6.07, 6.45) is 0.765. The molecule has 1 aromatic rings. The van der Waals surface area contributed by atoms with E-state index in [1.54, 1.807) is 0 Å². The largest absolute Gasteiger partial charge is 0.446 e. The van der Waals surface area contributed by atoms with E-state index in [2.05, 4.69) is 5.32 Å². The van der Waals surface area contributed by atoms with Crippen LogP contribution >= 0.6 is 11.8 Å². The van der Waals surface area contributed by atoms with Crippen LogP contribution in [0.1, 0.15) is 37.6 Å². The van der Waals surface area contributed by atoms with Gasteiger partial charge in [0.05, 0.1) is 0 Å². The van der Waals surface area contributed by atoms with Crippen molar-refractivity contribution in [3.63, 3.8) is 0 Å². The van der Waals surface area contributed by atoms with Crippen LogP contribution in [0.4, 0.5) is 13.2 Å². The third-order valence-electron chi connectivity index (χ3n) is 2.69. The second-order valence-electron chi connectivity index (χ2n) is 4.76. The summed E-state index contributed by atoms with van der Waals surface area (Å²) in [5.41, 5.74) is -4.29. The molecule has 0 atom stereocenters. The first-order valence-electron chi connectivity index (χ1n) is 5.81. The summed E-state index contributed by atoms with van der Waals surface area (Å²) < 4.78 is 36.5. The third kappa shape index (κ3) is 5.55. The predicted molar refractivity (Wildman–Crippen MR) is 70.2 cm³/mol. The number of nitrogens with one attached hydrogen (secondary N) is 1. The first-order chi connectivity index (χ1) is 8.63. The lowest BCUT2D eigenvalue weighted by Gasteiger charge is -2.24. The number of thioether (sulfide) groups is 1. The van der Waals surface area contributed by atoms with E-state index >= 15 is 0 Å². The monoisotopic (exact) mass is 291 g/mol. The minimum absolute atomic E-state index is 0.0683. The number of amides is 1. The van der Waals surface area contributed by atoms with Crippen LogP contribution in [0.5, 0.6) is 0 Å². The van der Waals surface area contributed by atoms with E-state index in [0.717, 1.165) is 6.42 Å². The fraction of sp³-hybridized carbons (Fsp3) is 0.462.